The van der Waals surface area contributed by atoms with Crippen LogP contribution in [0.5, 0.6) is 0 Å². The van der Waals surface area contributed by atoms with Gasteiger partial charge in [0.1, 0.15) is 7.11 Å². The van der Waals surface area contributed by atoms with Crippen LogP contribution in [-0.4, -0.2) is 17.7 Å². The van der Waals surface area contributed by atoms with Crippen molar-refractivity contribution in [2.24, 2.45) is 5.16 Å². The largest absolute Gasteiger partial charge is 0.399 e. The minimum absolute atomic E-state index is 0.0492. The van der Waals surface area contributed by atoms with Crippen molar-refractivity contribution in [3.05, 3.63) is 39.9 Å². The Morgan fingerprint density at radius 3 is 2.86 bits per heavy atom. The van der Waals surface area contributed by atoms with Gasteiger partial charge in [-0.3, -0.25) is 10.1 Å². The number of benzene rings is 1. The maximum absolute atomic E-state index is 10.5. The first-order valence-corrected chi connectivity index (χ1v) is 3.97. The first-order chi connectivity index (χ1) is 6.65. The molecule has 0 aliphatic rings. The normalized spacial score (nSPS) is 11.1. The molecule has 5 heteroatoms. The fraction of sp³-hybridized carbons (Fsp3) is 0.222. The van der Waals surface area contributed by atoms with Crippen molar-refractivity contribution in [1.29, 1.82) is 0 Å². The van der Waals surface area contributed by atoms with Crippen LogP contribution in [0.25, 0.3) is 0 Å². The fourth-order valence-corrected chi connectivity index (χ4v) is 1.03. The predicted octanol–water partition coefficient (Wildman–Crippen LogP) is 1.97. The van der Waals surface area contributed by atoms with Gasteiger partial charge >= 0.3 is 0 Å². The van der Waals surface area contributed by atoms with E-state index in [0.717, 1.165) is 0 Å². The van der Waals surface area contributed by atoms with Gasteiger partial charge in [-0.25, -0.2) is 0 Å². The van der Waals surface area contributed by atoms with Crippen LogP contribution in [0, 0.1) is 10.1 Å². The van der Waals surface area contributed by atoms with Crippen molar-refractivity contribution in [3.63, 3.8) is 0 Å². The van der Waals surface area contributed by atoms with E-state index in [0.29, 0.717) is 11.3 Å². The molecule has 74 valence electrons. The number of oxime groups is 1. The first kappa shape index (κ1) is 10.2. The highest BCUT2D eigenvalue weighted by Gasteiger charge is 2.07. The average Bonchev–Trinajstić information content (AvgIpc) is 2.18. The van der Waals surface area contributed by atoms with E-state index in [1.807, 2.05) is 0 Å². The molecule has 0 spiro atoms. The molecule has 1 aromatic carbocycles. The van der Waals surface area contributed by atoms with Crippen LogP contribution >= 0.6 is 0 Å². The topological polar surface area (TPSA) is 64.7 Å². The number of nitrogens with zero attached hydrogens (tertiary/aromatic N) is 2. The molecule has 0 aromatic heterocycles. The molecule has 5 nitrogen and oxygen atoms in total. The Labute approximate surface area is 81.1 Å². The van der Waals surface area contributed by atoms with E-state index in [1.165, 1.54) is 19.2 Å². The highest BCUT2D eigenvalue weighted by Crippen LogP contribution is 2.13. The molecule has 0 N–H and O–H groups in total. The lowest BCUT2D eigenvalue weighted by Crippen LogP contribution is -1.97. The monoisotopic (exact) mass is 194 g/mol. The van der Waals surface area contributed by atoms with E-state index >= 15 is 0 Å². The summed E-state index contributed by atoms with van der Waals surface area (Å²) in [6, 6.07) is 6.24. The molecular weight excluding hydrogens is 184 g/mol. The summed E-state index contributed by atoms with van der Waals surface area (Å²) in [5.41, 5.74) is 1.34. The third-order valence-electron chi connectivity index (χ3n) is 1.70. The zero-order valence-electron chi connectivity index (χ0n) is 7.93. The molecule has 0 aliphatic carbocycles. The van der Waals surface area contributed by atoms with Crippen LogP contribution < -0.4 is 0 Å². The molecule has 14 heavy (non-hydrogen) atoms. The summed E-state index contributed by atoms with van der Waals surface area (Å²) < 4.78 is 0. The molecule has 0 fully saturated rings. The molecule has 0 atom stereocenters. The molecular formula is C9H10N2O3. The van der Waals surface area contributed by atoms with Gasteiger partial charge < -0.3 is 4.84 Å². The number of hydrogen-bond donors (Lipinski definition) is 0. The highest BCUT2D eigenvalue weighted by molar-refractivity contribution is 5.98. The van der Waals surface area contributed by atoms with Gasteiger partial charge in [0.25, 0.3) is 5.69 Å². The third kappa shape index (κ3) is 2.29. The summed E-state index contributed by atoms with van der Waals surface area (Å²) >= 11 is 0. The average molecular weight is 194 g/mol. The molecule has 0 unspecified atom stereocenters. The molecule has 0 radical (unpaired) electrons. The smallest absolute Gasteiger partial charge is 0.270 e. The Balaban J connectivity index is 3.05. The van der Waals surface area contributed by atoms with Crippen molar-refractivity contribution < 1.29 is 9.76 Å². The molecule has 0 bridgehead atoms. The van der Waals surface area contributed by atoms with E-state index in [1.54, 1.807) is 19.1 Å². The van der Waals surface area contributed by atoms with E-state index in [2.05, 4.69) is 9.99 Å². The van der Waals surface area contributed by atoms with E-state index < -0.39 is 4.92 Å². The van der Waals surface area contributed by atoms with Gasteiger partial charge in [-0.15, -0.1) is 0 Å². The Kier molecular flexibility index (Phi) is 3.17. The van der Waals surface area contributed by atoms with Crippen molar-refractivity contribution in [2.75, 3.05) is 7.11 Å². The van der Waals surface area contributed by atoms with Crippen molar-refractivity contribution in [1.82, 2.24) is 0 Å². The fourth-order valence-electron chi connectivity index (χ4n) is 1.03. The molecule has 1 rings (SSSR count). The number of nitro groups is 1. The standard InChI is InChI=1S/C9H10N2O3/c1-7(10-14-2)8-4-3-5-9(6-8)11(12)13/h3-6H,1-2H3. The number of non-ortho nitro benzene ring substituents is 1. The predicted molar refractivity (Wildman–Crippen MR) is 52.3 cm³/mol. The molecule has 0 saturated carbocycles. The van der Waals surface area contributed by atoms with Gasteiger partial charge in [0.05, 0.1) is 10.6 Å². The van der Waals surface area contributed by atoms with Crippen molar-refractivity contribution in [2.45, 2.75) is 6.92 Å². The number of hydrogen-bond acceptors (Lipinski definition) is 4. The van der Waals surface area contributed by atoms with Gasteiger partial charge in [-0.05, 0) is 6.92 Å². The lowest BCUT2D eigenvalue weighted by atomic mass is 10.1. The minimum atomic E-state index is -0.441. The van der Waals surface area contributed by atoms with Crippen LogP contribution in [0.1, 0.15) is 12.5 Å². The third-order valence-corrected chi connectivity index (χ3v) is 1.70. The Morgan fingerprint density at radius 2 is 2.29 bits per heavy atom. The SMILES string of the molecule is CON=C(C)c1cccc([N+](=O)[O-])c1. The summed E-state index contributed by atoms with van der Waals surface area (Å²) in [5.74, 6) is 0. The van der Waals surface area contributed by atoms with Crippen LogP contribution in [0.4, 0.5) is 5.69 Å². The summed E-state index contributed by atoms with van der Waals surface area (Å²) in [7, 11) is 1.43. The van der Waals surface area contributed by atoms with Crippen LogP contribution in [-0.2, 0) is 4.84 Å². The van der Waals surface area contributed by atoms with Crippen LogP contribution in [0.2, 0.25) is 0 Å². The van der Waals surface area contributed by atoms with Crippen LogP contribution in [0.3, 0.4) is 0 Å². The highest BCUT2D eigenvalue weighted by atomic mass is 16.6. The van der Waals surface area contributed by atoms with Gasteiger partial charge in [-0.2, -0.15) is 0 Å². The summed E-state index contributed by atoms with van der Waals surface area (Å²) in [5, 5.41) is 14.2. The second kappa shape index (κ2) is 4.36. The molecule has 0 saturated heterocycles. The zero-order chi connectivity index (χ0) is 10.6. The Hall–Kier alpha value is -1.91. The second-order valence-electron chi connectivity index (χ2n) is 2.67. The lowest BCUT2D eigenvalue weighted by molar-refractivity contribution is -0.384. The van der Waals surface area contributed by atoms with Gasteiger partial charge in [-0.1, -0.05) is 17.3 Å². The van der Waals surface area contributed by atoms with E-state index in [-0.39, 0.29) is 5.69 Å². The molecule has 0 aliphatic heterocycles. The summed E-state index contributed by atoms with van der Waals surface area (Å²) in [6.45, 7) is 1.72. The minimum Gasteiger partial charge on any atom is -0.399 e. The van der Waals surface area contributed by atoms with Crippen molar-refractivity contribution in [3.8, 4) is 0 Å². The summed E-state index contributed by atoms with van der Waals surface area (Å²) in [4.78, 5) is 14.6. The van der Waals surface area contributed by atoms with Crippen molar-refractivity contribution >= 4 is 11.4 Å². The second-order valence-corrected chi connectivity index (χ2v) is 2.67. The quantitative estimate of drug-likeness (QED) is 0.419. The van der Waals surface area contributed by atoms with Crippen LogP contribution in [0.15, 0.2) is 29.4 Å². The Bertz CT molecular complexity index is 374. The lowest BCUT2D eigenvalue weighted by Gasteiger charge is -1.98. The number of rotatable bonds is 3. The molecule has 0 amide bonds. The van der Waals surface area contributed by atoms with Gasteiger partial charge in [0.15, 0.2) is 0 Å². The molecule has 1 aromatic rings. The van der Waals surface area contributed by atoms with E-state index in [4.69, 9.17) is 0 Å². The maximum Gasteiger partial charge on any atom is 0.270 e. The Morgan fingerprint density at radius 1 is 1.57 bits per heavy atom. The van der Waals surface area contributed by atoms with Gasteiger partial charge in [0, 0.05) is 17.7 Å². The first-order valence-electron chi connectivity index (χ1n) is 3.97. The maximum atomic E-state index is 10.5. The summed E-state index contributed by atoms with van der Waals surface area (Å²) in [6.07, 6.45) is 0. The zero-order valence-corrected chi connectivity index (χ0v) is 7.93. The number of nitro benzene ring substituents is 1. The van der Waals surface area contributed by atoms with Gasteiger partial charge in [0.2, 0.25) is 0 Å². The van der Waals surface area contributed by atoms with E-state index in [9.17, 15) is 10.1 Å². The molecule has 0 heterocycles.